The second-order valence-electron chi connectivity index (χ2n) is 5.17. The number of benzene rings is 1. The van der Waals surface area contributed by atoms with Crippen LogP contribution >= 0.6 is 0 Å². The van der Waals surface area contributed by atoms with Crippen molar-refractivity contribution in [1.82, 2.24) is 9.80 Å². The summed E-state index contributed by atoms with van der Waals surface area (Å²) < 4.78 is 0. The number of likely N-dealkylation sites (N-methyl/N-ethyl adjacent to an activating group) is 1. The summed E-state index contributed by atoms with van der Waals surface area (Å²) in [6, 6.07) is 6.11. The van der Waals surface area contributed by atoms with Gasteiger partial charge in [0, 0.05) is 31.9 Å². The normalized spacial score (nSPS) is 16.5. The van der Waals surface area contributed by atoms with Crippen LogP contribution in [0.4, 0.5) is 10.5 Å². The number of carbonyl (C=O) groups is 1. The Morgan fingerprint density at radius 2 is 1.89 bits per heavy atom. The van der Waals surface area contributed by atoms with Crippen molar-refractivity contribution < 1.29 is 4.79 Å². The average molecular weight is 261 g/mol. The molecular formula is C15H23N3O. The van der Waals surface area contributed by atoms with Crippen LogP contribution in [0, 0.1) is 13.8 Å². The number of amides is 2. The van der Waals surface area contributed by atoms with Crippen molar-refractivity contribution in [2.45, 2.75) is 20.8 Å². The van der Waals surface area contributed by atoms with Gasteiger partial charge in [-0.2, -0.15) is 0 Å². The van der Waals surface area contributed by atoms with Crippen molar-refractivity contribution in [3.8, 4) is 0 Å². The summed E-state index contributed by atoms with van der Waals surface area (Å²) in [6.07, 6.45) is 0. The number of rotatable bonds is 2. The van der Waals surface area contributed by atoms with E-state index in [2.05, 4.69) is 30.1 Å². The minimum absolute atomic E-state index is 0.0164. The van der Waals surface area contributed by atoms with Gasteiger partial charge in [-0.25, -0.2) is 4.79 Å². The number of urea groups is 1. The first kappa shape index (κ1) is 13.9. The zero-order chi connectivity index (χ0) is 13.8. The predicted octanol–water partition coefficient (Wildman–Crippen LogP) is 2.47. The van der Waals surface area contributed by atoms with Crippen molar-refractivity contribution in [1.29, 1.82) is 0 Å². The first-order chi connectivity index (χ1) is 9.10. The molecule has 0 saturated carbocycles. The molecule has 0 aliphatic carbocycles. The summed E-state index contributed by atoms with van der Waals surface area (Å²) in [5, 5.41) is 3.01. The third-order valence-electron chi connectivity index (χ3n) is 3.73. The Bertz CT molecular complexity index is 451. The van der Waals surface area contributed by atoms with Crippen LogP contribution in [-0.4, -0.2) is 48.6 Å². The lowest BCUT2D eigenvalue weighted by Crippen LogP contribution is -2.49. The number of piperazine rings is 1. The summed E-state index contributed by atoms with van der Waals surface area (Å²) in [4.78, 5) is 16.5. The van der Waals surface area contributed by atoms with Gasteiger partial charge in [0.2, 0.25) is 0 Å². The third kappa shape index (κ3) is 3.47. The van der Waals surface area contributed by atoms with E-state index in [4.69, 9.17) is 0 Å². The Kier molecular flexibility index (Phi) is 4.43. The molecule has 0 spiro atoms. The fourth-order valence-corrected chi connectivity index (χ4v) is 2.42. The quantitative estimate of drug-likeness (QED) is 0.887. The fourth-order valence-electron chi connectivity index (χ4n) is 2.42. The van der Waals surface area contributed by atoms with Crippen LogP contribution in [-0.2, 0) is 0 Å². The van der Waals surface area contributed by atoms with Crippen molar-refractivity contribution in [2.24, 2.45) is 0 Å². The molecule has 1 aromatic carbocycles. The molecule has 0 unspecified atom stereocenters. The van der Waals surface area contributed by atoms with Gasteiger partial charge >= 0.3 is 6.03 Å². The molecule has 0 radical (unpaired) electrons. The Morgan fingerprint density at radius 3 is 2.47 bits per heavy atom. The van der Waals surface area contributed by atoms with Crippen molar-refractivity contribution >= 4 is 11.7 Å². The smallest absolute Gasteiger partial charge is 0.321 e. The molecule has 2 amide bonds. The maximum atomic E-state index is 12.2. The average Bonchev–Trinajstić information content (AvgIpc) is 2.42. The van der Waals surface area contributed by atoms with E-state index in [1.165, 1.54) is 5.56 Å². The molecule has 1 N–H and O–H groups in total. The first-order valence-corrected chi connectivity index (χ1v) is 6.95. The van der Waals surface area contributed by atoms with E-state index in [9.17, 15) is 4.79 Å². The summed E-state index contributed by atoms with van der Waals surface area (Å²) in [5.41, 5.74) is 3.24. The molecule has 0 atom stereocenters. The van der Waals surface area contributed by atoms with Gasteiger partial charge < -0.3 is 15.1 Å². The van der Waals surface area contributed by atoms with Gasteiger partial charge in [0.1, 0.15) is 0 Å². The van der Waals surface area contributed by atoms with Crippen LogP contribution in [0.25, 0.3) is 0 Å². The van der Waals surface area contributed by atoms with Gasteiger partial charge in [0.25, 0.3) is 0 Å². The summed E-state index contributed by atoms with van der Waals surface area (Å²) in [5.74, 6) is 0. The molecule has 1 saturated heterocycles. The van der Waals surface area contributed by atoms with Crippen LogP contribution in [0.1, 0.15) is 18.1 Å². The molecule has 1 fully saturated rings. The largest absolute Gasteiger partial charge is 0.322 e. The van der Waals surface area contributed by atoms with E-state index in [0.717, 1.165) is 44.0 Å². The molecule has 4 nitrogen and oxygen atoms in total. The standard InChI is InChI=1S/C15H23N3O/c1-4-17-7-9-18(10-8-17)15(19)16-14-6-5-12(2)11-13(14)3/h5-6,11H,4,7-10H2,1-3H3,(H,16,19). The Balaban J connectivity index is 1.94. The fraction of sp³-hybridized carbons (Fsp3) is 0.533. The number of nitrogens with one attached hydrogen (secondary N) is 1. The Hall–Kier alpha value is -1.55. The van der Waals surface area contributed by atoms with E-state index >= 15 is 0 Å². The van der Waals surface area contributed by atoms with E-state index in [1.54, 1.807) is 0 Å². The van der Waals surface area contributed by atoms with Gasteiger partial charge in [-0.1, -0.05) is 24.6 Å². The van der Waals surface area contributed by atoms with E-state index in [0.29, 0.717) is 0 Å². The third-order valence-corrected chi connectivity index (χ3v) is 3.73. The van der Waals surface area contributed by atoms with Gasteiger partial charge in [-0.3, -0.25) is 0 Å². The van der Waals surface area contributed by atoms with Crippen molar-refractivity contribution in [2.75, 3.05) is 38.0 Å². The number of aryl methyl sites for hydroxylation is 2. The highest BCUT2D eigenvalue weighted by Crippen LogP contribution is 2.16. The van der Waals surface area contributed by atoms with Gasteiger partial charge in [-0.15, -0.1) is 0 Å². The highest BCUT2D eigenvalue weighted by Gasteiger charge is 2.20. The zero-order valence-electron chi connectivity index (χ0n) is 12.1. The lowest BCUT2D eigenvalue weighted by Gasteiger charge is -2.34. The molecule has 19 heavy (non-hydrogen) atoms. The lowest BCUT2D eigenvalue weighted by atomic mass is 10.1. The van der Waals surface area contributed by atoms with Crippen LogP contribution < -0.4 is 5.32 Å². The molecular weight excluding hydrogens is 238 g/mol. The highest BCUT2D eigenvalue weighted by atomic mass is 16.2. The SMILES string of the molecule is CCN1CCN(C(=O)Nc2ccc(C)cc2C)CC1. The molecule has 1 aromatic rings. The maximum absolute atomic E-state index is 12.2. The minimum Gasteiger partial charge on any atom is -0.322 e. The molecule has 1 aliphatic heterocycles. The van der Waals surface area contributed by atoms with Crippen molar-refractivity contribution in [3.63, 3.8) is 0 Å². The number of nitrogens with zero attached hydrogens (tertiary/aromatic N) is 2. The number of carbonyl (C=O) groups excluding carboxylic acids is 1. The summed E-state index contributed by atoms with van der Waals surface area (Å²) >= 11 is 0. The Labute approximate surface area is 115 Å². The summed E-state index contributed by atoms with van der Waals surface area (Å²) in [6.45, 7) is 10.9. The van der Waals surface area contributed by atoms with Gasteiger partial charge in [-0.05, 0) is 32.0 Å². The van der Waals surface area contributed by atoms with E-state index in [1.807, 2.05) is 24.0 Å². The second-order valence-corrected chi connectivity index (χ2v) is 5.17. The van der Waals surface area contributed by atoms with E-state index in [-0.39, 0.29) is 6.03 Å². The Morgan fingerprint density at radius 1 is 1.21 bits per heavy atom. The predicted molar refractivity (Wildman–Crippen MR) is 78.6 cm³/mol. The number of anilines is 1. The molecule has 104 valence electrons. The molecule has 2 rings (SSSR count). The second kappa shape index (κ2) is 6.06. The number of hydrogen-bond acceptors (Lipinski definition) is 2. The summed E-state index contributed by atoms with van der Waals surface area (Å²) in [7, 11) is 0. The number of hydrogen-bond donors (Lipinski definition) is 1. The lowest BCUT2D eigenvalue weighted by molar-refractivity contribution is 0.151. The first-order valence-electron chi connectivity index (χ1n) is 6.95. The van der Waals surface area contributed by atoms with Gasteiger partial charge in [0.15, 0.2) is 0 Å². The zero-order valence-corrected chi connectivity index (χ0v) is 12.1. The molecule has 1 heterocycles. The molecule has 0 bridgehead atoms. The van der Waals surface area contributed by atoms with Crippen molar-refractivity contribution in [3.05, 3.63) is 29.3 Å². The van der Waals surface area contributed by atoms with E-state index < -0.39 is 0 Å². The van der Waals surface area contributed by atoms with Crippen LogP contribution in [0.3, 0.4) is 0 Å². The molecule has 1 aliphatic rings. The van der Waals surface area contributed by atoms with Crippen LogP contribution in [0.15, 0.2) is 18.2 Å². The minimum atomic E-state index is 0.0164. The molecule has 0 aromatic heterocycles. The maximum Gasteiger partial charge on any atom is 0.321 e. The monoisotopic (exact) mass is 261 g/mol. The molecule has 4 heteroatoms. The van der Waals surface area contributed by atoms with Crippen LogP contribution in [0.5, 0.6) is 0 Å². The topological polar surface area (TPSA) is 35.6 Å². The highest BCUT2D eigenvalue weighted by molar-refractivity contribution is 5.90. The van der Waals surface area contributed by atoms with Crippen LogP contribution in [0.2, 0.25) is 0 Å². The van der Waals surface area contributed by atoms with Gasteiger partial charge in [0.05, 0.1) is 0 Å².